The van der Waals surface area contributed by atoms with E-state index in [0.29, 0.717) is 17.3 Å². The van der Waals surface area contributed by atoms with E-state index in [9.17, 15) is 4.79 Å². The largest absolute Gasteiger partial charge is 0.491 e. The third-order valence-electron chi connectivity index (χ3n) is 2.52. The van der Waals surface area contributed by atoms with Crippen molar-refractivity contribution >= 4 is 33.3 Å². The smallest absolute Gasteiger partial charge is 0.228 e. The Bertz CT molecular complexity index is 604. The molecule has 0 aliphatic rings. The zero-order valence-electron chi connectivity index (χ0n) is 10.7. The second-order valence-corrected chi connectivity index (χ2v) is 4.87. The molecule has 0 bridgehead atoms. The first-order valence-corrected chi connectivity index (χ1v) is 6.84. The first-order valence-electron chi connectivity index (χ1n) is 6.04. The van der Waals surface area contributed by atoms with E-state index in [-0.39, 0.29) is 18.9 Å². The summed E-state index contributed by atoms with van der Waals surface area (Å²) in [6.07, 6.45) is 1.83. The van der Waals surface area contributed by atoms with Gasteiger partial charge in [0.1, 0.15) is 11.6 Å². The van der Waals surface area contributed by atoms with Gasteiger partial charge in [0.15, 0.2) is 0 Å². The summed E-state index contributed by atoms with van der Waals surface area (Å²) in [5, 5.41) is 2.70. The number of para-hydroxylation sites is 2. The Kier molecular flexibility index (Phi) is 4.95. The van der Waals surface area contributed by atoms with E-state index in [0.717, 1.165) is 4.47 Å². The van der Waals surface area contributed by atoms with E-state index in [1.165, 1.54) is 0 Å². The van der Waals surface area contributed by atoms with Crippen molar-refractivity contribution in [3.05, 3.63) is 47.1 Å². The molecule has 3 N–H and O–H groups in total. The Hall–Kier alpha value is -2.08. The predicted octanol–water partition coefficient (Wildman–Crippen LogP) is 2.83. The van der Waals surface area contributed by atoms with Gasteiger partial charge in [0.25, 0.3) is 0 Å². The zero-order chi connectivity index (χ0) is 14.4. The van der Waals surface area contributed by atoms with E-state index in [1.807, 2.05) is 18.2 Å². The molecule has 2 rings (SSSR count). The van der Waals surface area contributed by atoms with Crippen molar-refractivity contribution in [2.24, 2.45) is 0 Å². The molecule has 0 fully saturated rings. The number of carbonyl (C=O) groups is 1. The normalized spacial score (nSPS) is 10.1. The first-order chi connectivity index (χ1) is 9.66. The first kappa shape index (κ1) is 14.3. The molecule has 104 valence electrons. The van der Waals surface area contributed by atoms with Crippen molar-refractivity contribution in [1.29, 1.82) is 0 Å². The lowest BCUT2D eigenvalue weighted by Crippen LogP contribution is -2.16. The second kappa shape index (κ2) is 6.91. The molecule has 0 spiro atoms. The molecule has 1 aromatic carbocycles. The minimum atomic E-state index is -0.168. The van der Waals surface area contributed by atoms with Crippen LogP contribution in [0.25, 0.3) is 0 Å². The van der Waals surface area contributed by atoms with Crippen molar-refractivity contribution in [3.63, 3.8) is 0 Å². The van der Waals surface area contributed by atoms with Crippen LogP contribution in [0, 0.1) is 0 Å². The number of rotatable bonds is 5. The molecule has 20 heavy (non-hydrogen) atoms. The van der Waals surface area contributed by atoms with Crippen LogP contribution in [-0.4, -0.2) is 17.5 Å². The molecule has 2 aromatic rings. The van der Waals surface area contributed by atoms with Crippen LogP contribution in [0.4, 0.5) is 11.5 Å². The Morgan fingerprint density at radius 3 is 2.85 bits per heavy atom. The Balaban J connectivity index is 1.82. The molecule has 1 aromatic heterocycles. The summed E-state index contributed by atoms with van der Waals surface area (Å²) in [4.78, 5) is 15.8. The van der Waals surface area contributed by atoms with Gasteiger partial charge in [-0.15, -0.1) is 0 Å². The lowest BCUT2D eigenvalue weighted by Gasteiger charge is -2.09. The monoisotopic (exact) mass is 335 g/mol. The Morgan fingerprint density at radius 1 is 1.30 bits per heavy atom. The van der Waals surface area contributed by atoms with E-state index >= 15 is 0 Å². The van der Waals surface area contributed by atoms with Gasteiger partial charge in [-0.05, 0) is 40.2 Å². The summed E-state index contributed by atoms with van der Waals surface area (Å²) in [5.74, 6) is 0.912. The Labute approximate surface area is 125 Å². The van der Waals surface area contributed by atoms with Gasteiger partial charge in [0.2, 0.25) is 5.91 Å². The van der Waals surface area contributed by atoms with Gasteiger partial charge in [-0.3, -0.25) is 4.79 Å². The Morgan fingerprint density at radius 2 is 2.10 bits per heavy atom. The molecule has 0 unspecified atom stereocenters. The lowest BCUT2D eigenvalue weighted by atomic mass is 10.3. The van der Waals surface area contributed by atoms with Gasteiger partial charge in [0.05, 0.1) is 23.2 Å². The molecular weight excluding hydrogens is 322 g/mol. The average Bonchev–Trinajstić information content (AvgIpc) is 2.43. The van der Waals surface area contributed by atoms with Crippen LogP contribution in [-0.2, 0) is 4.79 Å². The van der Waals surface area contributed by atoms with Gasteiger partial charge in [0, 0.05) is 6.20 Å². The molecule has 5 nitrogen and oxygen atoms in total. The van der Waals surface area contributed by atoms with Crippen molar-refractivity contribution in [3.8, 4) is 5.75 Å². The van der Waals surface area contributed by atoms with E-state index < -0.39 is 0 Å². The molecule has 0 aliphatic heterocycles. The number of pyridine rings is 1. The summed E-state index contributed by atoms with van der Waals surface area (Å²) in [6, 6.07) is 10.8. The number of amides is 1. The van der Waals surface area contributed by atoms with Gasteiger partial charge in [-0.1, -0.05) is 12.1 Å². The highest BCUT2D eigenvalue weighted by Gasteiger charge is 2.07. The summed E-state index contributed by atoms with van der Waals surface area (Å²) in [5.41, 5.74) is 6.30. The predicted molar refractivity (Wildman–Crippen MR) is 81.5 cm³/mol. The third-order valence-corrected chi connectivity index (χ3v) is 3.16. The van der Waals surface area contributed by atoms with Crippen molar-refractivity contribution in [2.45, 2.75) is 6.42 Å². The van der Waals surface area contributed by atoms with Crippen LogP contribution < -0.4 is 15.8 Å². The summed E-state index contributed by atoms with van der Waals surface area (Å²) >= 11 is 3.31. The average molecular weight is 336 g/mol. The number of aromatic nitrogens is 1. The SMILES string of the molecule is Nc1ccccc1OCCC(=O)Nc1ncccc1Br. The molecule has 0 saturated carbocycles. The van der Waals surface area contributed by atoms with Gasteiger partial charge in [-0.25, -0.2) is 4.98 Å². The van der Waals surface area contributed by atoms with Crippen LogP contribution in [0.5, 0.6) is 5.75 Å². The highest BCUT2D eigenvalue weighted by molar-refractivity contribution is 9.10. The maximum Gasteiger partial charge on any atom is 0.228 e. The molecule has 0 aliphatic carbocycles. The van der Waals surface area contributed by atoms with Crippen LogP contribution in [0.2, 0.25) is 0 Å². The maximum atomic E-state index is 11.8. The third kappa shape index (κ3) is 3.96. The maximum absolute atomic E-state index is 11.8. The number of hydrogen-bond acceptors (Lipinski definition) is 4. The van der Waals surface area contributed by atoms with Crippen molar-refractivity contribution in [1.82, 2.24) is 4.98 Å². The molecule has 0 saturated heterocycles. The summed E-state index contributed by atoms with van der Waals surface area (Å²) in [7, 11) is 0. The number of nitrogen functional groups attached to an aromatic ring is 1. The van der Waals surface area contributed by atoms with E-state index in [2.05, 4.69) is 26.2 Å². The number of nitrogens with two attached hydrogens (primary N) is 1. The van der Waals surface area contributed by atoms with Gasteiger partial charge < -0.3 is 15.8 Å². The number of benzene rings is 1. The number of nitrogens with one attached hydrogen (secondary N) is 1. The topological polar surface area (TPSA) is 77.2 Å². The van der Waals surface area contributed by atoms with Crippen LogP contribution in [0.3, 0.4) is 0 Å². The molecular formula is C14H14BrN3O2. The molecule has 0 atom stereocenters. The fourth-order valence-electron chi connectivity index (χ4n) is 1.54. The number of carbonyl (C=O) groups excluding carboxylic acids is 1. The number of halogens is 1. The highest BCUT2D eigenvalue weighted by atomic mass is 79.9. The zero-order valence-corrected chi connectivity index (χ0v) is 12.3. The quantitative estimate of drug-likeness (QED) is 0.823. The summed E-state index contributed by atoms with van der Waals surface area (Å²) in [6.45, 7) is 0.254. The highest BCUT2D eigenvalue weighted by Crippen LogP contribution is 2.20. The molecule has 1 amide bonds. The second-order valence-electron chi connectivity index (χ2n) is 4.02. The summed E-state index contributed by atoms with van der Waals surface area (Å²) < 4.78 is 6.19. The minimum absolute atomic E-state index is 0.168. The standard InChI is InChI=1S/C14H14BrN3O2/c15-10-4-3-8-17-14(10)18-13(19)7-9-20-12-6-2-1-5-11(12)16/h1-6,8H,7,9,16H2,(H,17,18,19). The molecule has 1 heterocycles. The van der Waals surface area contributed by atoms with Crippen LogP contribution >= 0.6 is 15.9 Å². The minimum Gasteiger partial charge on any atom is -0.491 e. The molecule has 0 radical (unpaired) electrons. The fraction of sp³-hybridized carbons (Fsp3) is 0.143. The fourth-order valence-corrected chi connectivity index (χ4v) is 1.89. The number of hydrogen-bond donors (Lipinski definition) is 2. The number of ether oxygens (including phenoxy) is 1. The number of nitrogens with zero attached hydrogens (tertiary/aromatic N) is 1. The van der Waals surface area contributed by atoms with Gasteiger partial charge in [-0.2, -0.15) is 0 Å². The molecule has 6 heteroatoms. The number of anilines is 2. The lowest BCUT2D eigenvalue weighted by molar-refractivity contribution is -0.116. The van der Waals surface area contributed by atoms with E-state index in [1.54, 1.807) is 24.4 Å². The van der Waals surface area contributed by atoms with Gasteiger partial charge >= 0.3 is 0 Å². The van der Waals surface area contributed by atoms with Crippen molar-refractivity contribution in [2.75, 3.05) is 17.7 Å². The van der Waals surface area contributed by atoms with Crippen molar-refractivity contribution < 1.29 is 9.53 Å². The van der Waals surface area contributed by atoms with E-state index in [4.69, 9.17) is 10.5 Å². The van der Waals surface area contributed by atoms with Crippen LogP contribution in [0.15, 0.2) is 47.1 Å². The van der Waals surface area contributed by atoms with Crippen LogP contribution in [0.1, 0.15) is 6.42 Å².